The number of rotatable bonds is 5. The monoisotopic (exact) mass is 319 g/mol. The van der Waals surface area contributed by atoms with Crippen molar-refractivity contribution in [3.63, 3.8) is 0 Å². The van der Waals surface area contributed by atoms with Gasteiger partial charge in [-0.2, -0.15) is 0 Å². The topological polar surface area (TPSA) is 45.2 Å². The SMILES string of the molecule is C[C@H](NC(=O)c1cnc(CN2CCCC2)s1)C1=CCCCC1. The summed E-state index contributed by atoms with van der Waals surface area (Å²) in [7, 11) is 0. The molecule has 2 heterocycles. The van der Waals surface area contributed by atoms with Crippen molar-refractivity contribution in [2.24, 2.45) is 0 Å². The fraction of sp³-hybridized carbons (Fsp3) is 0.647. The lowest BCUT2D eigenvalue weighted by atomic mass is 9.95. The van der Waals surface area contributed by atoms with Crippen LogP contribution in [0, 0.1) is 0 Å². The largest absolute Gasteiger partial charge is 0.345 e. The Morgan fingerprint density at radius 3 is 2.91 bits per heavy atom. The number of nitrogens with one attached hydrogen (secondary N) is 1. The van der Waals surface area contributed by atoms with Gasteiger partial charge in [-0.15, -0.1) is 11.3 Å². The average molecular weight is 319 g/mol. The van der Waals surface area contributed by atoms with Crippen molar-refractivity contribution in [2.75, 3.05) is 13.1 Å². The Hall–Kier alpha value is -1.20. The summed E-state index contributed by atoms with van der Waals surface area (Å²) in [5, 5.41) is 4.17. The van der Waals surface area contributed by atoms with E-state index in [1.807, 2.05) is 0 Å². The second kappa shape index (κ2) is 7.38. The number of likely N-dealkylation sites (tertiary alicyclic amines) is 1. The third-order valence-electron chi connectivity index (χ3n) is 4.56. The Labute approximate surface area is 136 Å². The van der Waals surface area contributed by atoms with Gasteiger partial charge in [0.05, 0.1) is 12.7 Å². The van der Waals surface area contributed by atoms with Crippen molar-refractivity contribution in [1.29, 1.82) is 0 Å². The number of allylic oxidation sites excluding steroid dienone is 1. The lowest BCUT2D eigenvalue weighted by Gasteiger charge is -2.20. The molecule has 2 aliphatic rings. The number of hydrogen-bond donors (Lipinski definition) is 1. The van der Waals surface area contributed by atoms with Crippen molar-refractivity contribution in [1.82, 2.24) is 15.2 Å². The van der Waals surface area contributed by atoms with Crippen LogP contribution in [-0.2, 0) is 6.54 Å². The molecule has 0 radical (unpaired) electrons. The molecule has 0 spiro atoms. The summed E-state index contributed by atoms with van der Waals surface area (Å²) in [5.74, 6) is 0.0177. The molecule has 1 saturated heterocycles. The molecule has 0 bridgehead atoms. The molecule has 22 heavy (non-hydrogen) atoms. The predicted octanol–water partition coefficient (Wildman–Crippen LogP) is 3.36. The zero-order valence-corrected chi connectivity index (χ0v) is 14.1. The highest BCUT2D eigenvalue weighted by molar-refractivity contribution is 7.13. The van der Waals surface area contributed by atoms with Gasteiger partial charge in [-0.05, 0) is 58.5 Å². The van der Waals surface area contributed by atoms with Gasteiger partial charge in [0.1, 0.15) is 9.88 Å². The molecule has 1 aromatic rings. The summed E-state index contributed by atoms with van der Waals surface area (Å²) >= 11 is 1.53. The number of nitrogens with zero attached hydrogens (tertiary/aromatic N) is 2. The van der Waals surface area contributed by atoms with Crippen LogP contribution in [0.15, 0.2) is 17.8 Å². The molecule has 5 heteroatoms. The maximum atomic E-state index is 12.4. The quantitative estimate of drug-likeness (QED) is 0.847. The van der Waals surface area contributed by atoms with Crippen molar-refractivity contribution in [3.8, 4) is 0 Å². The molecule has 0 aromatic carbocycles. The Morgan fingerprint density at radius 1 is 1.36 bits per heavy atom. The maximum Gasteiger partial charge on any atom is 0.263 e. The lowest BCUT2D eigenvalue weighted by molar-refractivity contribution is 0.0948. The van der Waals surface area contributed by atoms with E-state index in [2.05, 4.69) is 28.2 Å². The number of thiazole rings is 1. The molecule has 120 valence electrons. The van der Waals surface area contributed by atoms with Gasteiger partial charge in [-0.25, -0.2) is 4.98 Å². The van der Waals surface area contributed by atoms with E-state index in [1.165, 1.54) is 42.6 Å². The van der Waals surface area contributed by atoms with Crippen LogP contribution in [0.1, 0.15) is 60.1 Å². The molecular formula is C17H25N3OS. The fourth-order valence-corrected chi connectivity index (χ4v) is 4.10. The number of carbonyl (C=O) groups excluding carboxylic acids is 1. The van der Waals surface area contributed by atoms with Gasteiger partial charge in [-0.3, -0.25) is 9.69 Å². The van der Waals surface area contributed by atoms with Crippen molar-refractivity contribution >= 4 is 17.2 Å². The van der Waals surface area contributed by atoms with Gasteiger partial charge >= 0.3 is 0 Å². The summed E-state index contributed by atoms with van der Waals surface area (Å²) in [5.41, 5.74) is 1.38. The molecule has 1 fully saturated rings. The Bertz CT molecular complexity index is 546. The van der Waals surface area contributed by atoms with E-state index >= 15 is 0 Å². The Kier molecular flexibility index (Phi) is 5.26. The second-order valence-corrected chi connectivity index (χ2v) is 7.44. The highest BCUT2D eigenvalue weighted by Crippen LogP contribution is 2.21. The molecule has 0 unspecified atom stereocenters. The number of aromatic nitrogens is 1. The first kappa shape index (κ1) is 15.7. The van der Waals surface area contributed by atoms with E-state index in [0.29, 0.717) is 0 Å². The summed E-state index contributed by atoms with van der Waals surface area (Å²) in [4.78, 5) is 19.9. The van der Waals surface area contributed by atoms with Crippen molar-refractivity contribution in [3.05, 3.63) is 27.7 Å². The van der Waals surface area contributed by atoms with Gasteiger partial charge in [0.25, 0.3) is 5.91 Å². The molecular weight excluding hydrogens is 294 g/mol. The van der Waals surface area contributed by atoms with Crippen LogP contribution >= 0.6 is 11.3 Å². The number of hydrogen-bond acceptors (Lipinski definition) is 4. The standard InChI is InChI=1S/C17H25N3OS/c1-13(14-7-3-2-4-8-14)19-17(21)15-11-18-16(22-15)12-20-9-5-6-10-20/h7,11,13H,2-6,8-10,12H2,1H3,(H,19,21)/t13-/m0/s1. The zero-order valence-electron chi connectivity index (χ0n) is 13.3. The van der Waals surface area contributed by atoms with Crippen LogP contribution in [0.25, 0.3) is 0 Å². The van der Waals surface area contributed by atoms with Crippen molar-refractivity contribution < 1.29 is 4.79 Å². The Balaban J connectivity index is 1.55. The highest BCUT2D eigenvalue weighted by Gasteiger charge is 2.18. The van der Waals surface area contributed by atoms with E-state index in [-0.39, 0.29) is 11.9 Å². The summed E-state index contributed by atoms with van der Waals surface area (Å²) in [6.07, 6.45) is 11.4. The molecule has 0 saturated carbocycles. The van der Waals surface area contributed by atoms with Gasteiger partial charge < -0.3 is 5.32 Å². The summed E-state index contributed by atoms with van der Waals surface area (Å²) in [6, 6.07) is 0.136. The van der Waals surface area contributed by atoms with Crippen LogP contribution in [0.5, 0.6) is 0 Å². The average Bonchev–Trinajstić information content (AvgIpc) is 3.20. The minimum absolute atomic E-state index is 0.0177. The molecule has 4 nitrogen and oxygen atoms in total. The third kappa shape index (κ3) is 3.96. The van der Waals surface area contributed by atoms with E-state index in [4.69, 9.17) is 0 Å². The van der Waals surface area contributed by atoms with Crippen molar-refractivity contribution in [2.45, 2.75) is 58.0 Å². The smallest absolute Gasteiger partial charge is 0.263 e. The first-order valence-electron chi connectivity index (χ1n) is 8.39. The lowest BCUT2D eigenvalue weighted by Crippen LogP contribution is -2.34. The molecule has 1 amide bonds. The minimum Gasteiger partial charge on any atom is -0.345 e. The van der Waals surface area contributed by atoms with Crippen LogP contribution < -0.4 is 5.32 Å². The van der Waals surface area contributed by atoms with E-state index in [0.717, 1.165) is 42.4 Å². The van der Waals surface area contributed by atoms with Crippen LogP contribution in [-0.4, -0.2) is 34.9 Å². The fourth-order valence-electron chi connectivity index (χ4n) is 3.24. The molecule has 1 aromatic heterocycles. The van der Waals surface area contributed by atoms with Crippen LogP contribution in [0.3, 0.4) is 0 Å². The predicted molar refractivity (Wildman–Crippen MR) is 90.1 cm³/mol. The molecule has 3 rings (SSSR count). The minimum atomic E-state index is 0.0177. The molecule has 1 N–H and O–H groups in total. The summed E-state index contributed by atoms with van der Waals surface area (Å²) in [6.45, 7) is 5.29. The molecule has 1 aliphatic heterocycles. The molecule has 1 atom stereocenters. The van der Waals surface area contributed by atoms with Gasteiger partial charge in [0, 0.05) is 6.04 Å². The van der Waals surface area contributed by atoms with E-state index in [1.54, 1.807) is 6.20 Å². The van der Waals surface area contributed by atoms with E-state index in [9.17, 15) is 4.79 Å². The first-order valence-corrected chi connectivity index (χ1v) is 9.21. The van der Waals surface area contributed by atoms with Crippen LogP contribution in [0.4, 0.5) is 0 Å². The maximum absolute atomic E-state index is 12.4. The number of carbonyl (C=O) groups is 1. The van der Waals surface area contributed by atoms with Gasteiger partial charge in [0.15, 0.2) is 0 Å². The highest BCUT2D eigenvalue weighted by atomic mass is 32.1. The normalized spacial score (nSPS) is 20.7. The first-order chi connectivity index (χ1) is 10.7. The third-order valence-corrected chi connectivity index (χ3v) is 5.55. The number of amides is 1. The van der Waals surface area contributed by atoms with Crippen LogP contribution in [0.2, 0.25) is 0 Å². The van der Waals surface area contributed by atoms with E-state index < -0.39 is 0 Å². The second-order valence-electron chi connectivity index (χ2n) is 6.32. The Morgan fingerprint density at radius 2 is 2.18 bits per heavy atom. The zero-order chi connectivity index (χ0) is 15.4. The van der Waals surface area contributed by atoms with Gasteiger partial charge in [-0.1, -0.05) is 11.6 Å². The van der Waals surface area contributed by atoms with Gasteiger partial charge in [0.2, 0.25) is 0 Å². The molecule has 1 aliphatic carbocycles. The summed E-state index contributed by atoms with van der Waals surface area (Å²) < 4.78 is 0.